The smallest absolute Gasteiger partial charge is 0.255 e. The van der Waals surface area contributed by atoms with Gasteiger partial charge in [0.25, 0.3) is 5.91 Å². The van der Waals surface area contributed by atoms with Crippen LogP contribution in [0.25, 0.3) is 11.2 Å². The number of fused-ring (bicyclic) bond motifs is 1. The first-order valence-corrected chi connectivity index (χ1v) is 10.3. The van der Waals surface area contributed by atoms with E-state index in [2.05, 4.69) is 30.2 Å². The van der Waals surface area contributed by atoms with Crippen LogP contribution in [0.5, 0.6) is 0 Å². The van der Waals surface area contributed by atoms with Crippen molar-refractivity contribution in [2.45, 2.75) is 32.4 Å². The number of aryl methyl sites for hydroxylation is 1. The quantitative estimate of drug-likeness (QED) is 0.632. The molecule has 1 amide bonds. The number of hydrogen-bond donors (Lipinski definition) is 0. The van der Waals surface area contributed by atoms with Crippen molar-refractivity contribution in [3.05, 3.63) is 35.9 Å². The summed E-state index contributed by atoms with van der Waals surface area (Å²) in [6.07, 6.45) is 7.06. The molecular weight excluding hydrogens is 384 g/mol. The van der Waals surface area contributed by atoms with Crippen molar-refractivity contribution in [1.82, 2.24) is 34.8 Å². The first-order valence-electron chi connectivity index (χ1n) is 10.3. The number of aromatic nitrogens is 6. The van der Waals surface area contributed by atoms with Gasteiger partial charge in [0.1, 0.15) is 6.33 Å². The van der Waals surface area contributed by atoms with Gasteiger partial charge in [-0.05, 0) is 31.4 Å². The minimum absolute atomic E-state index is 0.0263. The van der Waals surface area contributed by atoms with Gasteiger partial charge in [0.15, 0.2) is 17.0 Å². The number of carbonyl (C=O) groups excluding carboxylic acids is 1. The van der Waals surface area contributed by atoms with Crippen molar-refractivity contribution >= 4 is 22.9 Å². The van der Waals surface area contributed by atoms with E-state index in [4.69, 9.17) is 4.74 Å². The Bertz CT molecular complexity index is 1060. The van der Waals surface area contributed by atoms with Gasteiger partial charge in [0, 0.05) is 38.6 Å². The molecule has 3 aromatic rings. The molecule has 10 nitrogen and oxygen atoms in total. The lowest BCUT2D eigenvalue weighted by Gasteiger charge is -2.32. The lowest BCUT2D eigenvalue weighted by atomic mass is 10.1. The van der Waals surface area contributed by atoms with Gasteiger partial charge in [0.2, 0.25) is 0 Å². The minimum Gasteiger partial charge on any atom is -0.373 e. The minimum atomic E-state index is -0.185. The Labute approximate surface area is 173 Å². The zero-order chi connectivity index (χ0) is 20.5. The molecule has 2 aliphatic heterocycles. The fraction of sp³-hybridized carbons (Fsp3) is 0.500. The number of hydrogen-bond acceptors (Lipinski definition) is 8. The lowest BCUT2D eigenvalue weighted by molar-refractivity contribution is -0.0297. The molecule has 3 aromatic heterocycles. The van der Waals surface area contributed by atoms with Gasteiger partial charge in [-0.2, -0.15) is 0 Å². The van der Waals surface area contributed by atoms with Gasteiger partial charge >= 0.3 is 0 Å². The molecule has 1 atom stereocenters. The van der Waals surface area contributed by atoms with Crippen LogP contribution in [-0.2, 0) is 11.3 Å². The second-order valence-corrected chi connectivity index (χ2v) is 7.83. The van der Waals surface area contributed by atoms with E-state index in [-0.39, 0.29) is 12.0 Å². The Kier molecular flexibility index (Phi) is 4.99. The predicted molar refractivity (Wildman–Crippen MR) is 109 cm³/mol. The Morgan fingerprint density at radius 1 is 1.20 bits per heavy atom. The van der Waals surface area contributed by atoms with Crippen molar-refractivity contribution in [2.24, 2.45) is 0 Å². The number of nitrogens with zero attached hydrogens (tertiary/aromatic N) is 8. The van der Waals surface area contributed by atoms with Crippen LogP contribution in [0.15, 0.2) is 24.8 Å². The van der Waals surface area contributed by atoms with Crippen molar-refractivity contribution < 1.29 is 9.53 Å². The van der Waals surface area contributed by atoms with Gasteiger partial charge in [-0.1, -0.05) is 5.21 Å². The monoisotopic (exact) mass is 408 g/mol. The average Bonchev–Trinajstić information content (AvgIpc) is 3.44. The molecule has 30 heavy (non-hydrogen) atoms. The van der Waals surface area contributed by atoms with Crippen LogP contribution in [0.2, 0.25) is 0 Å². The van der Waals surface area contributed by atoms with Crippen LogP contribution in [-0.4, -0.2) is 79.6 Å². The topological polar surface area (TPSA) is 102 Å². The van der Waals surface area contributed by atoms with Gasteiger partial charge in [-0.15, -0.1) is 5.10 Å². The van der Waals surface area contributed by atoms with Gasteiger partial charge < -0.3 is 14.5 Å². The van der Waals surface area contributed by atoms with Crippen molar-refractivity contribution in [3.63, 3.8) is 0 Å². The SMILES string of the molecule is Cc1cncc(C(=O)N2CCO[C@@H](Cn3nnc4c(N5CCCC5)ncnc43)C2)c1. The molecule has 0 N–H and O–H groups in total. The Morgan fingerprint density at radius 2 is 2.07 bits per heavy atom. The fourth-order valence-corrected chi connectivity index (χ4v) is 4.12. The molecule has 0 unspecified atom stereocenters. The zero-order valence-corrected chi connectivity index (χ0v) is 16.9. The summed E-state index contributed by atoms with van der Waals surface area (Å²) in [7, 11) is 0. The van der Waals surface area contributed by atoms with Gasteiger partial charge in [-0.25, -0.2) is 14.6 Å². The number of anilines is 1. The molecule has 156 valence electrons. The van der Waals surface area contributed by atoms with E-state index >= 15 is 0 Å². The molecular formula is C20H24N8O2. The van der Waals surface area contributed by atoms with Crippen LogP contribution in [0.1, 0.15) is 28.8 Å². The maximum absolute atomic E-state index is 12.9. The third kappa shape index (κ3) is 3.58. The number of ether oxygens (including phenoxy) is 1. The molecule has 0 spiro atoms. The van der Waals surface area contributed by atoms with Crippen molar-refractivity contribution in [3.8, 4) is 0 Å². The summed E-state index contributed by atoms with van der Waals surface area (Å²) in [6.45, 7) is 5.89. The standard InChI is InChI=1S/C20H24N8O2/c1-14-8-15(10-21-9-14)20(29)27-6-7-30-16(11-27)12-28-19-17(24-25-28)18(22-13-23-19)26-4-2-3-5-26/h8-10,13,16H,2-7,11-12H2,1H3/t16-/m1/s1. The summed E-state index contributed by atoms with van der Waals surface area (Å²) in [5.74, 6) is 0.818. The van der Waals surface area contributed by atoms with E-state index in [1.54, 1.807) is 23.4 Å². The van der Waals surface area contributed by atoms with Crippen LogP contribution in [0, 0.1) is 6.92 Å². The summed E-state index contributed by atoms with van der Waals surface area (Å²) >= 11 is 0. The molecule has 10 heteroatoms. The molecule has 0 aromatic carbocycles. The van der Waals surface area contributed by atoms with Gasteiger partial charge in [0.05, 0.1) is 24.8 Å². The maximum Gasteiger partial charge on any atom is 0.255 e. The second-order valence-electron chi connectivity index (χ2n) is 7.83. The number of carbonyl (C=O) groups is 1. The fourth-order valence-electron chi connectivity index (χ4n) is 4.12. The molecule has 0 bridgehead atoms. The van der Waals surface area contributed by atoms with E-state index in [1.807, 2.05) is 17.9 Å². The third-order valence-corrected chi connectivity index (χ3v) is 5.61. The Hall–Kier alpha value is -3.14. The number of pyridine rings is 1. The van der Waals surface area contributed by atoms with E-state index < -0.39 is 0 Å². The molecule has 5 heterocycles. The van der Waals surface area contributed by atoms with Crippen LogP contribution in [0.4, 0.5) is 5.82 Å². The molecule has 0 aliphatic carbocycles. The zero-order valence-electron chi connectivity index (χ0n) is 16.9. The molecule has 2 saturated heterocycles. The first kappa shape index (κ1) is 18.9. The number of amides is 1. The Balaban J connectivity index is 1.33. The van der Waals surface area contributed by atoms with E-state index in [0.717, 1.165) is 37.3 Å². The largest absolute Gasteiger partial charge is 0.373 e. The maximum atomic E-state index is 12.9. The number of morpholine rings is 1. The number of rotatable bonds is 4. The predicted octanol–water partition coefficient (Wildman–Crippen LogP) is 1.07. The average molecular weight is 408 g/mol. The highest BCUT2D eigenvalue weighted by molar-refractivity contribution is 5.94. The van der Waals surface area contributed by atoms with Crippen LogP contribution < -0.4 is 4.90 Å². The molecule has 0 saturated carbocycles. The van der Waals surface area contributed by atoms with E-state index in [9.17, 15) is 4.79 Å². The molecule has 2 aliphatic rings. The van der Waals surface area contributed by atoms with Crippen LogP contribution >= 0.6 is 0 Å². The lowest BCUT2D eigenvalue weighted by Crippen LogP contribution is -2.47. The molecule has 5 rings (SSSR count). The second kappa shape index (κ2) is 7.94. The third-order valence-electron chi connectivity index (χ3n) is 5.61. The summed E-state index contributed by atoms with van der Waals surface area (Å²) in [6, 6.07) is 1.86. The van der Waals surface area contributed by atoms with Gasteiger partial charge in [-0.3, -0.25) is 9.78 Å². The highest BCUT2D eigenvalue weighted by atomic mass is 16.5. The molecule has 0 radical (unpaired) electrons. The van der Waals surface area contributed by atoms with E-state index in [1.165, 1.54) is 0 Å². The highest BCUT2D eigenvalue weighted by Crippen LogP contribution is 2.24. The normalized spacial score (nSPS) is 19.6. The Morgan fingerprint density at radius 3 is 2.90 bits per heavy atom. The van der Waals surface area contributed by atoms with E-state index in [0.29, 0.717) is 43.0 Å². The summed E-state index contributed by atoms with van der Waals surface area (Å²) < 4.78 is 7.67. The first-order chi connectivity index (χ1) is 14.7. The summed E-state index contributed by atoms with van der Waals surface area (Å²) in [5, 5.41) is 8.65. The van der Waals surface area contributed by atoms with Crippen molar-refractivity contribution in [2.75, 3.05) is 37.7 Å². The molecule has 2 fully saturated rings. The van der Waals surface area contributed by atoms with Crippen LogP contribution in [0.3, 0.4) is 0 Å². The summed E-state index contributed by atoms with van der Waals surface area (Å²) in [4.78, 5) is 29.9. The van der Waals surface area contributed by atoms with Crippen molar-refractivity contribution in [1.29, 1.82) is 0 Å². The highest BCUT2D eigenvalue weighted by Gasteiger charge is 2.27. The summed E-state index contributed by atoms with van der Waals surface area (Å²) in [5.41, 5.74) is 2.98.